The normalized spacial score (nSPS) is 12.2. The molecule has 1 N–H and O–H groups in total. The molecule has 0 spiro atoms. The molecule has 2 aromatic rings. The monoisotopic (exact) mass is 229 g/mol. The van der Waals surface area contributed by atoms with Crippen LogP contribution in [0, 0.1) is 0 Å². The Kier molecular flexibility index (Phi) is 3.28. The second-order valence-electron chi connectivity index (χ2n) is 5.93. The maximum atomic E-state index is 3.38. The Morgan fingerprint density at radius 2 is 1.94 bits per heavy atom. The van der Waals surface area contributed by atoms with Crippen LogP contribution >= 0.6 is 0 Å². The number of unbranched alkanes of at least 4 members (excludes halogenated alkanes) is 1. The van der Waals surface area contributed by atoms with Crippen molar-refractivity contribution in [1.29, 1.82) is 0 Å². The Labute approximate surface area is 104 Å². The SMILES string of the molecule is CCCCc1c[nH]c2ccc(C(C)(C)C)cc12. The molecule has 17 heavy (non-hydrogen) atoms. The van der Waals surface area contributed by atoms with Gasteiger partial charge in [0.25, 0.3) is 0 Å². The molecule has 1 nitrogen and oxygen atoms in total. The van der Waals surface area contributed by atoms with E-state index in [-0.39, 0.29) is 5.41 Å². The third-order valence-corrected chi connectivity index (χ3v) is 3.43. The minimum absolute atomic E-state index is 0.230. The summed E-state index contributed by atoms with van der Waals surface area (Å²) >= 11 is 0. The summed E-state index contributed by atoms with van der Waals surface area (Å²) in [7, 11) is 0. The molecule has 1 aromatic carbocycles. The summed E-state index contributed by atoms with van der Waals surface area (Å²) in [5.74, 6) is 0. The highest BCUT2D eigenvalue weighted by Crippen LogP contribution is 2.28. The molecule has 2 rings (SSSR count). The van der Waals surface area contributed by atoms with Crippen LogP contribution < -0.4 is 0 Å². The summed E-state index contributed by atoms with van der Waals surface area (Å²) in [5, 5.41) is 1.41. The maximum absolute atomic E-state index is 3.38. The summed E-state index contributed by atoms with van der Waals surface area (Å²) in [6.07, 6.45) is 5.88. The van der Waals surface area contributed by atoms with E-state index in [1.807, 2.05) is 0 Å². The zero-order valence-electron chi connectivity index (χ0n) is 11.4. The van der Waals surface area contributed by atoms with Crippen LogP contribution in [-0.4, -0.2) is 4.98 Å². The van der Waals surface area contributed by atoms with Gasteiger partial charge in [0.2, 0.25) is 0 Å². The van der Waals surface area contributed by atoms with Crippen molar-refractivity contribution >= 4 is 10.9 Å². The Balaban J connectivity index is 2.43. The quantitative estimate of drug-likeness (QED) is 0.777. The Bertz CT molecular complexity index is 500. The molecule has 1 aromatic heterocycles. The van der Waals surface area contributed by atoms with Crippen molar-refractivity contribution in [1.82, 2.24) is 4.98 Å². The van der Waals surface area contributed by atoms with Gasteiger partial charge in [0.1, 0.15) is 0 Å². The first kappa shape index (κ1) is 12.2. The molecular weight excluding hydrogens is 206 g/mol. The van der Waals surface area contributed by atoms with Gasteiger partial charge in [-0.15, -0.1) is 0 Å². The largest absolute Gasteiger partial charge is 0.361 e. The first-order chi connectivity index (χ1) is 8.02. The van der Waals surface area contributed by atoms with Crippen molar-refractivity contribution in [3.63, 3.8) is 0 Å². The zero-order chi connectivity index (χ0) is 12.5. The number of aromatic nitrogens is 1. The lowest BCUT2D eigenvalue weighted by molar-refractivity contribution is 0.591. The van der Waals surface area contributed by atoms with Crippen molar-refractivity contribution in [2.45, 2.75) is 52.4 Å². The molecule has 0 atom stereocenters. The van der Waals surface area contributed by atoms with Gasteiger partial charge in [-0.1, -0.05) is 40.2 Å². The summed E-state index contributed by atoms with van der Waals surface area (Å²) in [5.41, 5.74) is 4.38. The topological polar surface area (TPSA) is 15.8 Å². The van der Waals surface area contributed by atoms with Gasteiger partial charge in [0, 0.05) is 17.1 Å². The van der Waals surface area contributed by atoms with E-state index in [0.29, 0.717) is 0 Å². The lowest BCUT2D eigenvalue weighted by Crippen LogP contribution is -2.10. The average molecular weight is 229 g/mol. The van der Waals surface area contributed by atoms with E-state index >= 15 is 0 Å². The number of aryl methyl sites for hydroxylation is 1. The van der Waals surface area contributed by atoms with E-state index in [9.17, 15) is 0 Å². The van der Waals surface area contributed by atoms with Crippen LogP contribution in [0.25, 0.3) is 10.9 Å². The van der Waals surface area contributed by atoms with Gasteiger partial charge in [-0.2, -0.15) is 0 Å². The summed E-state index contributed by atoms with van der Waals surface area (Å²) in [6.45, 7) is 9.06. The molecule has 0 bridgehead atoms. The van der Waals surface area contributed by atoms with Gasteiger partial charge in [-0.05, 0) is 41.5 Å². The van der Waals surface area contributed by atoms with Gasteiger partial charge in [-0.3, -0.25) is 0 Å². The second-order valence-corrected chi connectivity index (χ2v) is 5.93. The lowest BCUT2D eigenvalue weighted by atomic mass is 9.86. The van der Waals surface area contributed by atoms with Crippen molar-refractivity contribution in [3.05, 3.63) is 35.5 Å². The molecule has 0 unspecified atom stereocenters. The fraction of sp³-hybridized carbons (Fsp3) is 0.500. The smallest absolute Gasteiger partial charge is 0.0456 e. The molecule has 0 aliphatic rings. The molecule has 0 saturated heterocycles. The molecule has 0 aliphatic heterocycles. The third-order valence-electron chi connectivity index (χ3n) is 3.43. The molecule has 1 heterocycles. The molecule has 0 radical (unpaired) electrons. The molecular formula is C16H23N. The number of benzene rings is 1. The van der Waals surface area contributed by atoms with E-state index in [4.69, 9.17) is 0 Å². The van der Waals surface area contributed by atoms with Crippen LogP contribution in [0.1, 0.15) is 51.7 Å². The first-order valence-electron chi connectivity index (χ1n) is 6.63. The second kappa shape index (κ2) is 4.56. The highest BCUT2D eigenvalue weighted by molar-refractivity contribution is 5.84. The zero-order valence-corrected chi connectivity index (χ0v) is 11.4. The molecule has 92 valence electrons. The predicted octanol–water partition coefficient (Wildman–Crippen LogP) is 4.81. The highest BCUT2D eigenvalue weighted by Gasteiger charge is 2.14. The van der Waals surface area contributed by atoms with Crippen molar-refractivity contribution in [2.24, 2.45) is 0 Å². The van der Waals surface area contributed by atoms with E-state index in [0.717, 1.165) is 0 Å². The summed E-state index contributed by atoms with van der Waals surface area (Å²) in [6, 6.07) is 6.81. The molecule has 0 amide bonds. The predicted molar refractivity (Wildman–Crippen MR) is 75.6 cm³/mol. The van der Waals surface area contributed by atoms with E-state index < -0.39 is 0 Å². The van der Waals surface area contributed by atoms with E-state index in [1.165, 1.54) is 41.3 Å². The fourth-order valence-electron chi connectivity index (χ4n) is 2.22. The number of hydrogen-bond donors (Lipinski definition) is 1. The van der Waals surface area contributed by atoms with E-state index in [2.05, 4.69) is 57.1 Å². The highest BCUT2D eigenvalue weighted by atomic mass is 14.7. The van der Waals surface area contributed by atoms with E-state index in [1.54, 1.807) is 0 Å². The lowest BCUT2D eigenvalue weighted by Gasteiger charge is -2.19. The number of rotatable bonds is 3. The molecule has 0 aliphatic carbocycles. The van der Waals surface area contributed by atoms with Gasteiger partial charge in [0.15, 0.2) is 0 Å². The third kappa shape index (κ3) is 2.54. The minimum Gasteiger partial charge on any atom is -0.361 e. The number of hydrogen-bond acceptors (Lipinski definition) is 0. The summed E-state index contributed by atoms with van der Waals surface area (Å²) < 4.78 is 0. The van der Waals surface area contributed by atoms with Crippen LogP contribution in [0.5, 0.6) is 0 Å². The Hall–Kier alpha value is -1.24. The molecule has 0 saturated carbocycles. The average Bonchev–Trinajstić information content (AvgIpc) is 2.67. The molecule has 1 heteroatoms. The van der Waals surface area contributed by atoms with Gasteiger partial charge < -0.3 is 4.98 Å². The Morgan fingerprint density at radius 1 is 1.18 bits per heavy atom. The minimum atomic E-state index is 0.230. The maximum Gasteiger partial charge on any atom is 0.0456 e. The van der Waals surface area contributed by atoms with Crippen molar-refractivity contribution < 1.29 is 0 Å². The first-order valence-corrected chi connectivity index (χ1v) is 6.63. The molecule has 0 fully saturated rings. The fourth-order valence-corrected chi connectivity index (χ4v) is 2.22. The van der Waals surface area contributed by atoms with Crippen LogP contribution in [0.15, 0.2) is 24.4 Å². The van der Waals surface area contributed by atoms with Crippen LogP contribution in [-0.2, 0) is 11.8 Å². The van der Waals surface area contributed by atoms with Crippen LogP contribution in [0.3, 0.4) is 0 Å². The Morgan fingerprint density at radius 3 is 2.59 bits per heavy atom. The van der Waals surface area contributed by atoms with Crippen LogP contribution in [0.2, 0.25) is 0 Å². The summed E-state index contributed by atoms with van der Waals surface area (Å²) in [4.78, 5) is 3.38. The number of aromatic amines is 1. The van der Waals surface area contributed by atoms with Gasteiger partial charge in [0.05, 0.1) is 0 Å². The number of fused-ring (bicyclic) bond motifs is 1. The van der Waals surface area contributed by atoms with Crippen LogP contribution in [0.4, 0.5) is 0 Å². The van der Waals surface area contributed by atoms with Crippen molar-refractivity contribution in [2.75, 3.05) is 0 Å². The standard InChI is InChI=1S/C16H23N/c1-5-6-7-12-11-17-15-9-8-13(10-14(12)15)16(2,3)4/h8-11,17H,5-7H2,1-4H3. The van der Waals surface area contributed by atoms with Gasteiger partial charge >= 0.3 is 0 Å². The number of nitrogens with one attached hydrogen (secondary N) is 1. The van der Waals surface area contributed by atoms with Gasteiger partial charge in [-0.25, -0.2) is 0 Å². The van der Waals surface area contributed by atoms with Crippen molar-refractivity contribution in [3.8, 4) is 0 Å². The number of H-pyrrole nitrogens is 1.